The number of hydrogen-bond acceptors (Lipinski definition) is 3. The fourth-order valence-corrected chi connectivity index (χ4v) is 1.77. The molecule has 0 spiro atoms. The molecule has 0 saturated heterocycles. The van der Waals surface area contributed by atoms with Crippen LogP contribution in [0.2, 0.25) is 0 Å². The molecule has 2 aromatic carbocycles. The molecule has 3 N–H and O–H groups in total. The van der Waals surface area contributed by atoms with Gasteiger partial charge in [0.15, 0.2) is 5.78 Å². The molecule has 0 unspecified atom stereocenters. The lowest BCUT2D eigenvalue weighted by Crippen LogP contribution is -2.15. The fourth-order valence-electron chi connectivity index (χ4n) is 1.77. The number of hydrogen-bond donors (Lipinski definition) is 2. The molecule has 0 radical (unpaired) electrons. The molecule has 0 bridgehead atoms. The minimum Gasteiger partial charge on any atom is -0.396 e. The van der Waals surface area contributed by atoms with Gasteiger partial charge < -0.3 is 11.1 Å². The lowest BCUT2D eigenvalue weighted by molar-refractivity contribution is 0.101. The number of Topliss-reactive ketones (excluding diaryl/α,β-unsaturated/α-hetero) is 1. The summed E-state index contributed by atoms with van der Waals surface area (Å²) >= 11 is 0. The summed E-state index contributed by atoms with van der Waals surface area (Å²) in [6.45, 7) is 2.11. The summed E-state index contributed by atoms with van der Waals surface area (Å²) < 4.78 is 13.0. The van der Waals surface area contributed by atoms with Crippen molar-refractivity contribution < 1.29 is 9.18 Å². The first kappa shape index (κ1) is 13.1. The average Bonchev–Trinajstić information content (AvgIpc) is 2.40. The maximum Gasteiger partial charge on any atom is 0.181 e. The number of aryl methyl sites for hydroxylation is 1. The van der Waals surface area contributed by atoms with Gasteiger partial charge in [0.1, 0.15) is 5.82 Å². The molecule has 0 fully saturated rings. The number of nitrogen functional groups attached to an aromatic ring is 1. The molecule has 0 aliphatic heterocycles. The predicted octanol–water partition coefficient (Wildman–Crippen LogP) is 3.01. The molecule has 2 rings (SSSR count). The van der Waals surface area contributed by atoms with Gasteiger partial charge in [-0.05, 0) is 36.8 Å². The third-order valence-electron chi connectivity index (χ3n) is 2.90. The van der Waals surface area contributed by atoms with Crippen molar-refractivity contribution in [1.82, 2.24) is 0 Å². The smallest absolute Gasteiger partial charge is 0.181 e. The van der Waals surface area contributed by atoms with E-state index in [1.165, 1.54) is 18.2 Å². The van der Waals surface area contributed by atoms with E-state index in [2.05, 4.69) is 5.32 Å². The van der Waals surface area contributed by atoms with Crippen molar-refractivity contribution >= 4 is 17.2 Å². The van der Waals surface area contributed by atoms with Crippen LogP contribution >= 0.6 is 0 Å². The van der Waals surface area contributed by atoms with Gasteiger partial charge >= 0.3 is 0 Å². The Balaban J connectivity index is 2.05. The Bertz CT molecular complexity index is 611. The van der Waals surface area contributed by atoms with Gasteiger partial charge in [0.05, 0.1) is 12.2 Å². The zero-order chi connectivity index (χ0) is 13.8. The Morgan fingerprint density at radius 3 is 2.68 bits per heavy atom. The molecule has 98 valence electrons. The van der Waals surface area contributed by atoms with Crippen molar-refractivity contribution in [2.75, 3.05) is 17.6 Å². The molecule has 19 heavy (non-hydrogen) atoms. The van der Waals surface area contributed by atoms with Gasteiger partial charge in [-0.3, -0.25) is 4.79 Å². The van der Waals surface area contributed by atoms with Crippen molar-refractivity contribution in [1.29, 1.82) is 0 Å². The molecule has 3 nitrogen and oxygen atoms in total. The van der Waals surface area contributed by atoms with E-state index in [4.69, 9.17) is 5.73 Å². The number of anilines is 2. The highest BCUT2D eigenvalue weighted by Gasteiger charge is 2.08. The van der Waals surface area contributed by atoms with Gasteiger partial charge in [0, 0.05) is 11.3 Å². The number of carbonyl (C=O) groups excluding carboxylic acids is 1. The average molecular weight is 258 g/mol. The molecule has 2 aromatic rings. The lowest BCUT2D eigenvalue weighted by Gasteiger charge is -2.09. The zero-order valence-corrected chi connectivity index (χ0v) is 10.6. The molecule has 0 aliphatic rings. The van der Waals surface area contributed by atoms with Crippen molar-refractivity contribution in [2.24, 2.45) is 0 Å². The highest BCUT2D eigenvalue weighted by molar-refractivity contribution is 5.99. The van der Waals surface area contributed by atoms with E-state index in [-0.39, 0.29) is 18.0 Å². The predicted molar refractivity (Wildman–Crippen MR) is 74.8 cm³/mol. The van der Waals surface area contributed by atoms with Crippen LogP contribution in [0, 0.1) is 12.7 Å². The minimum absolute atomic E-state index is 0.0123. The Morgan fingerprint density at radius 1 is 1.26 bits per heavy atom. The third-order valence-corrected chi connectivity index (χ3v) is 2.90. The van der Waals surface area contributed by atoms with E-state index < -0.39 is 5.82 Å². The summed E-state index contributed by atoms with van der Waals surface area (Å²) in [5.74, 6) is -0.640. The van der Waals surface area contributed by atoms with Crippen LogP contribution in [0.1, 0.15) is 15.9 Å². The Hall–Kier alpha value is -2.36. The van der Waals surface area contributed by atoms with E-state index in [1.54, 1.807) is 0 Å². The molecule has 0 amide bonds. The first-order valence-electron chi connectivity index (χ1n) is 5.95. The fraction of sp³-hybridized carbons (Fsp3) is 0.133. The first-order chi connectivity index (χ1) is 9.08. The molecule has 0 aliphatic carbocycles. The monoisotopic (exact) mass is 258 g/mol. The first-order valence-corrected chi connectivity index (χ1v) is 5.95. The highest BCUT2D eigenvalue weighted by Crippen LogP contribution is 2.15. The number of nitrogens with two attached hydrogens (primary N) is 1. The van der Waals surface area contributed by atoms with Crippen LogP contribution in [0.3, 0.4) is 0 Å². The van der Waals surface area contributed by atoms with Crippen molar-refractivity contribution in [3.8, 4) is 0 Å². The van der Waals surface area contributed by atoms with Gasteiger partial charge in [-0.15, -0.1) is 0 Å². The van der Waals surface area contributed by atoms with Crippen LogP contribution in [0.25, 0.3) is 0 Å². The summed E-state index contributed by atoms with van der Waals surface area (Å²) in [4.78, 5) is 12.0. The van der Waals surface area contributed by atoms with E-state index in [9.17, 15) is 9.18 Å². The standard InChI is InChI=1S/C15H15FN2O/c1-10-4-2-3-5-14(10)18-9-15(19)11-6-7-12(16)13(17)8-11/h2-8,18H,9,17H2,1H3. The molecular formula is C15H15FN2O. The molecule has 0 atom stereocenters. The van der Waals surface area contributed by atoms with E-state index >= 15 is 0 Å². The Morgan fingerprint density at radius 2 is 2.00 bits per heavy atom. The third kappa shape index (κ3) is 3.10. The summed E-state index contributed by atoms with van der Waals surface area (Å²) in [6, 6.07) is 11.7. The van der Waals surface area contributed by atoms with Crippen LogP contribution < -0.4 is 11.1 Å². The number of halogens is 1. The van der Waals surface area contributed by atoms with Crippen molar-refractivity contribution in [3.05, 3.63) is 59.4 Å². The maximum absolute atomic E-state index is 13.0. The molecule has 0 heterocycles. The molecule has 0 saturated carbocycles. The van der Waals surface area contributed by atoms with Crippen LogP contribution in [-0.2, 0) is 0 Å². The summed E-state index contributed by atoms with van der Waals surface area (Å²) in [6.07, 6.45) is 0. The largest absolute Gasteiger partial charge is 0.396 e. The molecular weight excluding hydrogens is 243 g/mol. The van der Waals surface area contributed by atoms with Crippen LogP contribution in [0.15, 0.2) is 42.5 Å². The van der Waals surface area contributed by atoms with Gasteiger partial charge in [-0.25, -0.2) is 4.39 Å². The van der Waals surface area contributed by atoms with E-state index in [0.29, 0.717) is 5.56 Å². The Kier molecular flexibility index (Phi) is 3.80. The van der Waals surface area contributed by atoms with Crippen LogP contribution in [0.5, 0.6) is 0 Å². The summed E-state index contributed by atoms with van der Waals surface area (Å²) in [5, 5.41) is 3.06. The van der Waals surface area contributed by atoms with Crippen molar-refractivity contribution in [2.45, 2.75) is 6.92 Å². The number of carbonyl (C=O) groups is 1. The molecule has 4 heteroatoms. The zero-order valence-electron chi connectivity index (χ0n) is 10.6. The number of rotatable bonds is 4. The maximum atomic E-state index is 13.0. The van der Waals surface area contributed by atoms with Gasteiger partial charge in [-0.1, -0.05) is 18.2 Å². The second-order valence-corrected chi connectivity index (χ2v) is 4.33. The number of para-hydroxylation sites is 1. The quantitative estimate of drug-likeness (QED) is 0.654. The number of nitrogens with one attached hydrogen (secondary N) is 1. The lowest BCUT2D eigenvalue weighted by atomic mass is 10.1. The van der Waals surface area contributed by atoms with Crippen LogP contribution in [0.4, 0.5) is 15.8 Å². The normalized spacial score (nSPS) is 10.2. The highest BCUT2D eigenvalue weighted by atomic mass is 19.1. The van der Waals surface area contributed by atoms with Crippen molar-refractivity contribution in [3.63, 3.8) is 0 Å². The van der Waals surface area contributed by atoms with E-state index in [0.717, 1.165) is 11.3 Å². The SMILES string of the molecule is Cc1ccccc1NCC(=O)c1ccc(F)c(N)c1. The van der Waals surface area contributed by atoms with Gasteiger partial charge in [0.2, 0.25) is 0 Å². The summed E-state index contributed by atoms with van der Waals surface area (Å²) in [7, 11) is 0. The topological polar surface area (TPSA) is 55.1 Å². The van der Waals surface area contributed by atoms with E-state index in [1.807, 2.05) is 31.2 Å². The Labute approximate surface area is 111 Å². The minimum atomic E-state index is -0.511. The summed E-state index contributed by atoms with van der Waals surface area (Å²) in [5.41, 5.74) is 7.80. The second kappa shape index (κ2) is 5.52. The van der Waals surface area contributed by atoms with Gasteiger partial charge in [-0.2, -0.15) is 0 Å². The second-order valence-electron chi connectivity index (χ2n) is 4.33. The number of benzene rings is 2. The molecule has 0 aromatic heterocycles. The van der Waals surface area contributed by atoms with Gasteiger partial charge in [0.25, 0.3) is 0 Å². The van der Waals surface area contributed by atoms with Crippen LogP contribution in [-0.4, -0.2) is 12.3 Å². The number of ketones is 1.